The maximum absolute atomic E-state index is 10.6. The molecule has 4 N–H and O–H groups in total. The summed E-state index contributed by atoms with van der Waals surface area (Å²) in [6.45, 7) is 1.81. The summed E-state index contributed by atoms with van der Waals surface area (Å²) < 4.78 is 102. The van der Waals surface area contributed by atoms with E-state index in [4.69, 9.17) is 34.4 Å². The Morgan fingerprint density at radius 3 is 2.05 bits per heavy atom. The smallest absolute Gasteiger partial charge is 0.475 e. The molecule has 4 aromatic rings. The fourth-order valence-electron chi connectivity index (χ4n) is 4.73. The Kier molecular flexibility index (Phi) is 15.4. The molecule has 1 saturated heterocycles. The Morgan fingerprint density at radius 2 is 1.55 bits per heavy atom. The minimum absolute atomic E-state index is 0.0972. The Balaban J connectivity index is 0.000000408. The maximum Gasteiger partial charge on any atom is 0.490 e. The Hall–Kier alpha value is -6.50. The van der Waals surface area contributed by atoms with Gasteiger partial charge in [-0.1, -0.05) is 0 Å². The van der Waals surface area contributed by atoms with Gasteiger partial charge in [-0.15, -0.1) is 0 Å². The first-order valence-electron chi connectivity index (χ1n) is 14.8. The largest absolute Gasteiger partial charge is 0.490 e. The first-order chi connectivity index (χ1) is 25.6. The molecule has 0 radical (unpaired) electrons. The molecule has 1 aliphatic rings. The number of aromatic nitrogens is 6. The molecule has 55 heavy (non-hydrogen) atoms. The summed E-state index contributed by atoms with van der Waals surface area (Å²) in [5, 5.41) is 46.2. The average Bonchev–Trinajstić information content (AvgIpc) is 3.88. The molecular formula is C30H26F9N9O7. The minimum atomic E-state index is -5.08. The van der Waals surface area contributed by atoms with Gasteiger partial charge in [-0.3, -0.25) is 4.68 Å². The quantitative estimate of drug-likeness (QED) is 0.178. The van der Waals surface area contributed by atoms with Gasteiger partial charge in [0.05, 0.1) is 37.0 Å². The molecule has 2 atom stereocenters. The van der Waals surface area contributed by atoms with E-state index in [1.807, 2.05) is 29.2 Å². The number of methoxy groups -OCH3 is 1. The van der Waals surface area contributed by atoms with Crippen molar-refractivity contribution in [1.29, 1.82) is 10.5 Å². The van der Waals surface area contributed by atoms with Crippen molar-refractivity contribution in [2.24, 2.45) is 5.92 Å². The van der Waals surface area contributed by atoms with Gasteiger partial charge in [0.15, 0.2) is 0 Å². The van der Waals surface area contributed by atoms with Gasteiger partial charge in [-0.25, -0.2) is 29.3 Å². The van der Waals surface area contributed by atoms with E-state index in [0.29, 0.717) is 31.0 Å². The van der Waals surface area contributed by atoms with Crippen molar-refractivity contribution < 1.29 is 74.0 Å². The van der Waals surface area contributed by atoms with Gasteiger partial charge in [0.1, 0.15) is 29.4 Å². The number of fused-ring (bicyclic) bond motifs is 1. The number of nitriles is 2. The van der Waals surface area contributed by atoms with Gasteiger partial charge >= 0.3 is 36.4 Å². The maximum atomic E-state index is 10.6. The van der Waals surface area contributed by atoms with Gasteiger partial charge in [0.2, 0.25) is 0 Å². The average molecular weight is 796 g/mol. The zero-order chi connectivity index (χ0) is 41.7. The molecule has 0 bridgehead atoms. The Labute approximate surface area is 302 Å². The number of alkyl halides is 9. The molecule has 16 nitrogen and oxygen atoms in total. The number of carboxylic acid groups (broad SMARTS) is 3. The third-order valence-corrected chi connectivity index (χ3v) is 7.09. The summed E-state index contributed by atoms with van der Waals surface area (Å²) >= 11 is 0. The number of carboxylic acids is 3. The van der Waals surface area contributed by atoms with Crippen LogP contribution in [0.3, 0.4) is 0 Å². The molecule has 0 amide bonds. The van der Waals surface area contributed by atoms with Crippen molar-refractivity contribution >= 4 is 34.8 Å². The molecule has 1 fully saturated rings. The summed E-state index contributed by atoms with van der Waals surface area (Å²) in [6.07, 6.45) is -5.21. The van der Waals surface area contributed by atoms with Crippen LogP contribution < -0.4 is 4.90 Å². The van der Waals surface area contributed by atoms with Crippen LogP contribution in [0, 0.1) is 28.6 Å². The number of hydrogen-bond donors (Lipinski definition) is 4. The van der Waals surface area contributed by atoms with Gasteiger partial charge in [0.25, 0.3) is 0 Å². The lowest BCUT2D eigenvalue weighted by Crippen LogP contribution is -2.26. The van der Waals surface area contributed by atoms with Crippen molar-refractivity contribution in [2.45, 2.75) is 44.0 Å². The third-order valence-electron chi connectivity index (χ3n) is 7.09. The second-order valence-corrected chi connectivity index (χ2v) is 10.7. The number of hydrogen-bond acceptors (Lipinski definition) is 11. The minimum Gasteiger partial charge on any atom is -0.475 e. The lowest BCUT2D eigenvalue weighted by Gasteiger charge is -2.23. The van der Waals surface area contributed by atoms with Crippen LogP contribution in [-0.4, -0.2) is 102 Å². The van der Waals surface area contributed by atoms with Crippen LogP contribution in [-0.2, 0) is 25.7 Å². The molecule has 25 heteroatoms. The second-order valence-electron chi connectivity index (χ2n) is 10.7. The van der Waals surface area contributed by atoms with Crippen LogP contribution >= 0.6 is 0 Å². The van der Waals surface area contributed by atoms with Gasteiger partial charge in [-0.05, 0) is 18.6 Å². The van der Waals surface area contributed by atoms with E-state index in [-0.39, 0.29) is 12.0 Å². The zero-order valence-corrected chi connectivity index (χ0v) is 27.7. The molecule has 0 aromatic carbocycles. The number of nitrogens with one attached hydrogen (secondary N) is 1. The van der Waals surface area contributed by atoms with Gasteiger partial charge in [0, 0.05) is 61.2 Å². The number of halogens is 9. The van der Waals surface area contributed by atoms with Crippen LogP contribution in [0.5, 0.6) is 0 Å². The highest BCUT2D eigenvalue weighted by atomic mass is 19.4. The van der Waals surface area contributed by atoms with Crippen LogP contribution in [0.25, 0.3) is 22.3 Å². The SMILES string of the molecule is COCc1ccnc(N2CC[C@H]([C@H](CC#N)n3cc(-c4ncnc5[nH]ccc45)cn3)C2)c1C#N.O=C(O)C(F)(F)F.O=C(O)C(F)(F)F.O=C(O)C(F)(F)F. The standard InChI is InChI=1S/C24H23N9O.3C2HF3O2/c1-34-14-17-3-7-28-24(20(17)10-26)32-9-5-16(12-32)21(2-6-25)33-13-18(11-31-33)22-19-4-8-27-23(19)30-15-29-22;3*3-2(4,5)1(6)7/h3-4,7-8,11,13,15-16,21H,2,5,9,12,14H2,1H3,(H,27,29,30);3*(H,6,7)/t16-,21-;;;/m0.../s1. The normalized spacial score (nSPS) is 14.5. The molecule has 5 rings (SSSR count). The van der Waals surface area contributed by atoms with E-state index in [2.05, 4.69) is 42.1 Å². The van der Waals surface area contributed by atoms with Crippen molar-refractivity contribution in [2.75, 3.05) is 25.1 Å². The predicted molar refractivity (Wildman–Crippen MR) is 165 cm³/mol. The summed E-state index contributed by atoms with van der Waals surface area (Å²) in [5.41, 5.74) is 3.82. The topological polar surface area (TPSA) is 244 Å². The van der Waals surface area contributed by atoms with E-state index >= 15 is 0 Å². The number of pyridine rings is 1. The highest BCUT2D eigenvalue weighted by Gasteiger charge is 2.39. The number of rotatable bonds is 7. The van der Waals surface area contributed by atoms with Crippen molar-refractivity contribution in [1.82, 2.24) is 29.7 Å². The van der Waals surface area contributed by atoms with E-state index in [1.54, 1.807) is 19.5 Å². The van der Waals surface area contributed by atoms with E-state index in [1.165, 1.54) is 6.33 Å². The highest BCUT2D eigenvalue weighted by Crippen LogP contribution is 2.35. The monoisotopic (exact) mass is 795 g/mol. The molecule has 0 saturated carbocycles. The molecule has 0 aliphatic carbocycles. The Bertz CT molecular complexity index is 1960. The van der Waals surface area contributed by atoms with Gasteiger partial charge in [-0.2, -0.15) is 55.1 Å². The van der Waals surface area contributed by atoms with E-state index in [0.717, 1.165) is 40.8 Å². The number of ether oxygens (including phenoxy) is 1. The van der Waals surface area contributed by atoms with Crippen LogP contribution in [0.4, 0.5) is 45.3 Å². The van der Waals surface area contributed by atoms with Gasteiger partial charge < -0.3 is 29.9 Å². The van der Waals surface area contributed by atoms with E-state index < -0.39 is 36.4 Å². The third kappa shape index (κ3) is 12.8. The van der Waals surface area contributed by atoms with Crippen molar-refractivity contribution in [3.63, 3.8) is 0 Å². The number of aromatic amines is 1. The number of nitrogens with zero attached hydrogens (tertiary/aromatic N) is 8. The fraction of sp³-hybridized carbons (Fsp3) is 0.367. The van der Waals surface area contributed by atoms with Crippen LogP contribution in [0.2, 0.25) is 0 Å². The molecule has 296 valence electrons. The van der Waals surface area contributed by atoms with E-state index in [9.17, 15) is 50.0 Å². The molecular weight excluding hydrogens is 769 g/mol. The first kappa shape index (κ1) is 44.7. The fourth-order valence-corrected chi connectivity index (χ4v) is 4.73. The lowest BCUT2D eigenvalue weighted by atomic mass is 9.96. The number of H-pyrrole nitrogens is 1. The summed E-state index contributed by atoms with van der Waals surface area (Å²) in [6, 6.07) is 8.28. The molecule has 1 aliphatic heterocycles. The van der Waals surface area contributed by atoms with Crippen molar-refractivity contribution in [3.8, 4) is 23.4 Å². The zero-order valence-electron chi connectivity index (χ0n) is 27.7. The highest BCUT2D eigenvalue weighted by molar-refractivity contribution is 5.90. The summed E-state index contributed by atoms with van der Waals surface area (Å²) in [7, 11) is 1.61. The number of anilines is 1. The Morgan fingerprint density at radius 1 is 0.964 bits per heavy atom. The first-order valence-corrected chi connectivity index (χ1v) is 14.8. The number of aliphatic carboxylic acids is 3. The predicted octanol–water partition coefficient (Wildman–Crippen LogP) is 5.12. The molecule has 0 unspecified atom stereocenters. The van der Waals surface area contributed by atoms with Crippen LogP contribution in [0.15, 0.2) is 43.2 Å². The van der Waals surface area contributed by atoms with Crippen molar-refractivity contribution in [3.05, 3.63) is 54.4 Å². The lowest BCUT2D eigenvalue weighted by molar-refractivity contribution is -0.193. The van der Waals surface area contributed by atoms with Crippen LogP contribution in [0.1, 0.15) is 30.0 Å². The summed E-state index contributed by atoms with van der Waals surface area (Å²) in [4.78, 5) is 45.1. The summed E-state index contributed by atoms with van der Waals surface area (Å²) in [5.74, 6) is -7.41. The molecule has 4 aromatic heterocycles. The second kappa shape index (κ2) is 19.0. The number of carbonyl (C=O) groups is 3. The molecule has 0 spiro atoms. The molecule has 5 heterocycles.